The molecule has 2 aromatic heterocycles. The summed E-state index contributed by atoms with van der Waals surface area (Å²) < 4.78 is 21.1. The van der Waals surface area contributed by atoms with Crippen LogP contribution in [0.25, 0.3) is 11.2 Å². The molecule has 108 valence electrons. The van der Waals surface area contributed by atoms with Crippen molar-refractivity contribution in [3.63, 3.8) is 0 Å². The maximum absolute atomic E-state index is 13.4. The van der Waals surface area contributed by atoms with Gasteiger partial charge in [-0.2, -0.15) is 0 Å². The molecule has 0 amide bonds. The third-order valence-corrected chi connectivity index (χ3v) is 3.56. The first kappa shape index (κ1) is 13.7. The fraction of sp³-hybridized carbons (Fsp3) is 0.154. The molecule has 0 aliphatic heterocycles. The Bertz CT molecular complexity index is 791. The summed E-state index contributed by atoms with van der Waals surface area (Å²) in [4.78, 5) is 12.2. The summed E-state index contributed by atoms with van der Waals surface area (Å²) in [5, 5.41) is 0. The van der Waals surface area contributed by atoms with Crippen molar-refractivity contribution in [1.29, 1.82) is 0 Å². The molecule has 2 N–H and O–H groups in total. The smallest absolute Gasteiger partial charge is 0.165 e. The average molecular weight is 352 g/mol. The summed E-state index contributed by atoms with van der Waals surface area (Å²) in [6.45, 7) is 0.876. The number of nitrogens with zero attached hydrogens (tertiary/aromatic N) is 4. The van der Waals surface area contributed by atoms with Gasteiger partial charge in [-0.3, -0.25) is 0 Å². The minimum atomic E-state index is -0.360. The van der Waals surface area contributed by atoms with E-state index in [0.29, 0.717) is 40.4 Å². The molecule has 0 spiro atoms. The van der Waals surface area contributed by atoms with E-state index in [1.54, 1.807) is 18.5 Å². The third kappa shape index (κ3) is 2.80. The lowest BCUT2D eigenvalue weighted by Gasteiger charge is -2.07. The summed E-state index contributed by atoms with van der Waals surface area (Å²) >= 11 is 3.09. The highest BCUT2D eigenvalue weighted by atomic mass is 79.9. The van der Waals surface area contributed by atoms with Crippen molar-refractivity contribution in [1.82, 2.24) is 19.5 Å². The van der Waals surface area contributed by atoms with Crippen LogP contribution in [0.2, 0.25) is 0 Å². The van der Waals surface area contributed by atoms with Crippen molar-refractivity contribution in [3.05, 3.63) is 41.1 Å². The van der Waals surface area contributed by atoms with Crippen molar-refractivity contribution < 1.29 is 9.13 Å². The number of nitrogen functional groups attached to an aromatic ring is 1. The molecule has 0 saturated heterocycles. The topological polar surface area (TPSA) is 78.9 Å². The number of halogens is 2. The molecule has 0 aliphatic rings. The quantitative estimate of drug-likeness (QED) is 0.780. The van der Waals surface area contributed by atoms with Gasteiger partial charge in [0.1, 0.15) is 30.0 Å². The summed E-state index contributed by atoms with van der Waals surface area (Å²) in [5.41, 5.74) is 6.92. The van der Waals surface area contributed by atoms with Gasteiger partial charge in [-0.1, -0.05) is 0 Å². The van der Waals surface area contributed by atoms with Crippen LogP contribution in [0.3, 0.4) is 0 Å². The fourth-order valence-electron chi connectivity index (χ4n) is 1.89. The molecule has 0 saturated carbocycles. The number of imidazole rings is 1. The largest absolute Gasteiger partial charge is 0.492 e. The standard InChI is InChI=1S/C13H11BrFN5O/c14-9-2-1-8(5-10(9)15)21-4-3-20-7-19-11-12(16)17-6-18-13(11)20/h1-2,5-7H,3-4H2,(H2,16,17,18). The zero-order valence-electron chi connectivity index (χ0n) is 10.8. The first-order valence-electron chi connectivity index (χ1n) is 6.14. The van der Waals surface area contributed by atoms with Crippen LogP contribution in [0.4, 0.5) is 10.2 Å². The summed E-state index contributed by atoms with van der Waals surface area (Å²) in [6, 6.07) is 4.63. The van der Waals surface area contributed by atoms with Crippen LogP contribution < -0.4 is 10.5 Å². The molecule has 2 heterocycles. The van der Waals surface area contributed by atoms with Crippen LogP contribution in [0.15, 0.2) is 35.3 Å². The zero-order valence-corrected chi connectivity index (χ0v) is 12.4. The molecular formula is C13H11BrFN5O. The monoisotopic (exact) mass is 351 g/mol. The fourth-order valence-corrected chi connectivity index (χ4v) is 2.14. The molecule has 0 atom stereocenters. The van der Waals surface area contributed by atoms with Crippen molar-refractivity contribution in [2.24, 2.45) is 0 Å². The van der Waals surface area contributed by atoms with E-state index in [-0.39, 0.29) is 5.82 Å². The van der Waals surface area contributed by atoms with Gasteiger partial charge >= 0.3 is 0 Å². The van der Waals surface area contributed by atoms with E-state index in [1.165, 1.54) is 12.4 Å². The summed E-state index contributed by atoms with van der Waals surface area (Å²) in [5.74, 6) is 0.449. The van der Waals surface area contributed by atoms with E-state index in [4.69, 9.17) is 10.5 Å². The van der Waals surface area contributed by atoms with Crippen molar-refractivity contribution in [2.75, 3.05) is 12.3 Å². The Balaban J connectivity index is 1.69. The minimum Gasteiger partial charge on any atom is -0.492 e. The molecule has 3 aromatic rings. The van der Waals surface area contributed by atoms with Crippen molar-refractivity contribution in [2.45, 2.75) is 6.54 Å². The van der Waals surface area contributed by atoms with E-state index in [2.05, 4.69) is 30.9 Å². The maximum Gasteiger partial charge on any atom is 0.165 e. The number of rotatable bonds is 4. The van der Waals surface area contributed by atoms with Gasteiger partial charge < -0.3 is 15.0 Å². The van der Waals surface area contributed by atoms with Crippen LogP contribution >= 0.6 is 15.9 Å². The predicted octanol–water partition coefficient (Wildman–Crippen LogP) is 2.39. The van der Waals surface area contributed by atoms with Gasteiger partial charge in [0.05, 0.1) is 17.3 Å². The molecule has 3 rings (SSSR count). The van der Waals surface area contributed by atoms with Crippen LogP contribution in [-0.2, 0) is 6.54 Å². The second kappa shape index (κ2) is 5.65. The lowest BCUT2D eigenvalue weighted by molar-refractivity contribution is 0.298. The van der Waals surface area contributed by atoms with E-state index in [1.807, 2.05) is 4.57 Å². The number of fused-ring (bicyclic) bond motifs is 1. The first-order chi connectivity index (χ1) is 10.1. The number of aromatic nitrogens is 4. The van der Waals surface area contributed by atoms with Gasteiger partial charge in [0.15, 0.2) is 11.5 Å². The van der Waals surface area contributed by atoms with Gasteiger partial charge in [-0.15, -0.1) is 0 Å². The van der Waals surface area contributed by atoms with Crippen LogP contribution in [-0.4, -0.2) is 26.1 Å². The highest BCUT2D eigenvalue weighted by Gasteiger charge is 2.07. The first-order valence-corrected chi connectivity index (χ1v) is 6.93. The normalized spacial score (nSPS) is 11.0. The molecule has 6 nitrogen and oxygen atoms in total. The third-order valence-electron chi connectivity index (χ3n) is 2.92. The second-order valence-corrected chi connectivity index (χ2v) is 5.15. The van der Waals surface area contributed by atoms with Crippen LogP contribution in [0.1, 0.15) is 0 Å². The van der Waals surface area contributed by atoms with Crippen molar-refractivity contribution in [3.8, 4) is 5.75 Å². The maximum atomic E-state index is 13.4. The highest BCUT2D eigenvalue weighted by molar-refractivity contribution is 9.10. The lowest BCUT2D eigenvalue weighted by atomic mass is 10.3. The van der Waals surface area contributed by atoms with Gasteiger partial charge in [0.25, 0.3) is 0 Å². The lowest BCUT2D eigenvalue weighted by Crippen LogP contribution is -2.08. The number of ether oxygens (including phenoxy) is 1. The van der Waals surface area contributed by atoms with E-state index >= 15 is 0 Å². The average Bonchev–Trinajstić information content (AvgIpc) is 2.88. The molecule has 8 heteroatoms. The van der Waals surface area contributed by atoms with E-state index in [0.717, 1.165) is 0 Å². The number of hydrogen-bond acceptors (Lipinski definition) is 5. The Hall–Kier alpha value is -2.22. The Morgan fingerprint density at radius 3 is 2.95 bits per heavy atom. The number of nitrogens with two attached hydrogens (primary N) is 1. The Morgan fingerprint density at radius 1 is 1.29 bits per heavy atom. The molecule has 1 aromatic carbocycles. The molecular weight excluding hydrogens is 341 g/mol. The predicted molar refractivity (Wildman–Crippen MR) is 79.3 cm³/mol. The number of anilines is 1. The van der Waals surface area contributed by atoms with Gasteiger partial charge in [-0.05, 0) is 28.1 Å². The van der Waals surface area contributed by atoms with E-state index < -0.39 is 0 Å². The van der Waals surface area contributed by atoms with Crippen LogP contribution in [0, 0.1) is 5.82 Å². The minimum absolute atomic E-state index is 0.342. The Morgan fingerprint density at radius 2 is 2.14 bits per heavy atom. The van der Waals surface area contributed by atoms with Gasteiger partial charge in [-0.25, -0.2) is 19.3 Å². The van der Waals surface area contributed by atoms with Gasteiger partial charge in [0, 0.05) is 6.07 Å². The Kier molecular flexibility index (Phi) is 3.70. The highest BCUT2D eigenvalue weighted by Crippen LogP contribution is 2.21. The summed E-state index contributed by atoms with van der Waals surface area (Å²) in [6.07, 6.45) is 3.02. The molecule has 0 radical (unpaired) electrons. The van der Waals surface area contributed by atoms with Crippen LogP contribution in [0.5, 0.6) is 5.75 Å². The molecule has 0 aliphatic carbocycles. The van der Waals surface area contributed by atoms with E-state index in [9.17, 15) is 4.39 Å². The Labute approximate surface area is 127 Å². The molecule has 0 unspecified atom stereocenters. The molecule has 0 bridgehead atoms. The number of hydrogen-bond donors (Lipinski definition) is 1. The van der Waals surface area contributed by atoms with Gasteiger partial charge in [0.2, 0.25) is 0 Å². The molecule has 0 fully saturated rings. The van der Waals surface area contributed by atoms with Crippen molar-refractivity contribution >= 4 is 32.9 Å². The second-order valence-electron chi connectivity index (χ2n) is 4.29. The summed E-state index contributed by atoms with van der Waals surface area (Å²) in [7, 11) is 0. The SMILES string of the molecule is Nc1ncnc2c1ncn2CCOc1ccc(Br)c(F)c1. The number of benzene rings is 1. The zero-order chi connectivity index (χ0) is 14.8. The molecule has 21 heavy (non-hydrogen) atoms.